The normalized spacial score (nSPS) is 34.4. The van der Waals surface area contributed by atoms with E-state index in [2.05, 4.69) is 0 Å². The minimum atomic E-state index is -4.31. The van der Waals surface area contributed by atoms with Gasteiger partial charge in [-0.25, -0.2) is 0 Å². The molecule has 3 atom stereocenters. The molecule has 0 amide bonds. The Kier molecular flexibility index (Phi) is 4.10. The van der Waals surface area contributed by atoms with Crippen LogP contribution in [0.1, 0.15) is 62.1 Å². The molecule has 7 heteroatoms. The lowest BCUT2D eigenvalue weighted by Gasteiger charge is -2.50. The Labute approximate surface area is 156 Å². The fourth-order valence-corrected chi connectivity index (χ4v) is 5.10. The van der Waals surface area contributed by atoms with Gasteiger partial charge in [0.1, 0.15) is 0 Å². The predicted octanol–water partition coefficient (Wildman–Crippen LogP) is 4.60. The van der Waals surface area contributed by atoms with Crippen molar-refractivity contribution in [1.29, 1.82) is 0 Å². The van der Waals surface area contributed by atoms with Crippen LogP contribution in [0, 0.1) is 0 Å². The fraction of sp³-hybridized carbons (Fsp3) is 0.700. The van der Waals surface area contributed by atoms with E-state index in [9.17, 15) is 13.2 Å². The van der Waals surface area contributed by atoms with E-state index in [0.29, 0.717) is 13.2 Å². The summed E-state index contributed by atoms with van der Waals surface area (Å²) in [5.41, 5.74) is -0.106. The monoisotopic (exact) mass is 383 g/mol. The van der Waals surface area contributed by atoms with Crippen molar-refractivity contribution in [1.82, 2.24) is 5.06 Å². The molecule has 0 aromatic heterocycles. The van der Waals surface area contributed by atoms with Crippen molar-refractivity contribution in [3.8, 4) is 0 Å². The van der Waals surface area contributed by atoms with Crippen LogP contribution in [-0.2, 0) is 20.5 Å². The van der Waals surface area contributed by atoms with Crippen molar-refractivity contribution in [2.75, 3.05) is 13.2 Å². The smallest absolute Gasteiger partial charge is 0.348 e. The van der Waals surface area contributed by atoms with E-state index in [1.807, 2.05) is 5.06 Å². The average molecular weight is 383 g/mol. The van der Waals surface area contributed by atoms with Crippen molar-refractivity contribution in [3.63, 3.8) is 0 Å². The van der Waals surface area contributed by atoms with Crippen LogP contribution in [0.15, 0.2) is 24.3 Å². The van der Waals surface area contributed by atoms with Crippen molar-refractivity contribution in [2.24, 2.45) is 0 Å². The lowest BCUT2D eigenvalue weighted by Crippen LogP contribution is -2.60. The Morgan fingerprint density at radius 3 is 2.22 bits per heavy atom. The van der Waals surface area contributed by atoms with Gasteiger partial charge in [0.15, 0.2) is 5.79 Å². The number of halogens is 3. The summed E-state index contributed by atoms with van der Waals surface area (Å²) < 4.78 is 51.0. The van der Waals surface area contributed by atoms with Crippen molar-refractivity contribution in [2.45, 2.75) is 74.6 Å². The largest absolute Gasteiger partial charge is 0.416 e. The van der Waals surface area contributed by atoms with Gasteiger partial charge in [-0.15, -0.1) is 0 Å². The van der Waals surface area contributed by atoms with E-state index >= 15 is 0 Å². The summed E-state index contributed by atoms with van der Waals surface area (Å²) in [5.74, 6) is -0.434. The van der Waals surface area contributed by atoms with E-state index in [0.717, 1.165) is 56.2 Å². The molecule has 3 saturated heterocycles. The summed E-state index contributed by atoms with van der Waals surface area (Å²) in [6, 6.07) is 5.38. The second-order valence-corrected chi connectivity index (χ2v) is 8.40. The van der Waals surface area contributed by atoms with Crippen LogP contribution in [0.25, 0.3) is 0 Å². The van der Waals surface area contributed by atoms with E-state index in [-0.39, 0.29) is 17.7 Å². The SMILES string of the molecule is FC(F)(F)c1ccc([C@@H]2C[C@H]3CC4(COC5(CCCCC5)OC4)N2O3)cc1. The average Bonchev–Trinajstić information content (AvgIpc) is 3.23. The number of alkyl halides is 3. The molecule has 4 aliphatic rings. The molecule has 0 radical (unpaired) electrons. The molecule has 148 valence electrons. The maximum absolute atomic E-state index is 12.8. The van der Waals surface area contributed by atoms with Gasteiger partial charge in [-0.2, -0.15) is 18.2 Å². The summed E-state index contributed by atoms with van der Waals surface area (Å²) in [5, 5.41) is 1.95. The third kappa shape index (κ3) is 2.99. The third-order valence-corrected chi connectivity index (χ3v) is 6.55. The second-order valence-electron chi connectivity index (χ2n) is 8.40. The molecule has 27 heavy (non-hydrogen) atoms. The molecule has 4 nitrogen and oxygen atoms in total. The number of piperidine rings is 1. The number of ether oxygens (including phenoxy) is 2. The van der Waals surface area contributed by atoms with Gasteiger partial charge in [-0.3, -0.25) is 4.84 Å². The number of nitrogens with zero attached hydrogens (tertiary/aromatic N) is 1. The van der Waals surface area contributed by atoms with Gasteiger partial charge >= 0.3 is 6.18 Å². The van der Waals surface area contributed by atoms with Crippen LogP contribution in [0.3, 0.4) is 0 Å². The first-order chi connectivity index (χ1) is 12.9. The highest BCUT2D eigenvalue weighted by atomic mass is 19.4. The van der Waals surface area contributed by atoms with Crippen molar-refractivity contribution >= 4 is 0 Å². The van der Waals surface area contributed by atoms with Crippen molar-refractivity contribution < 1.29 is 27.5 Å². The second kappa shape index (κ2) is 6.17. The highest BCUT2D eigenvalue weighted by molar-refractivity contribution is 5.28. The van der Waals surface area contributed by atoms with Gasteiger partial charge < -0.3 is 9.47 Å². The number of hydroxylamine groups is 2. The van der Waals surface area contributed by atoms with E-state index in [1.165, 1.54) is 6.42 Å². The Morgan fingerprint density at radius 2 is 1.63 bits per heavy atom. The Hall–Kier alpha value is -1.15. The summed E-state index contributed by atoms with van der Waals surface area (Å²) in [7, 11) is 0. The molecular weight excluding hydrogens is 359 g/mol. The van der Waals surface area contributed by atoms with Crippen LogP contribution in [0.2, 0.25) is 0 Å². The van der Waals surface area contributed by atoms with Crippen LogP contribution in [0.4, 0.5) is 13.2 Å². The molecule has 2 spiro atoms. The topological polar surface area (TPSA) is 30.9 Å². The van der Waals surface area contributed by atoms with E-state index in [1.54, 1.807) is 12.1 Å². The Morgan fingerprint density at radius 1 is 0.963 bits per heavy atom. The summed E-state index contributed by atoms with van der Waals surface area (Å²) in [6.07, 6.45) is 2.76. The summed E-state index contributed by atoms with van der Waals surface area (Å²) >= 11 is 0. The molecule has 1 aliphatic carbocycles. The predicted molar refractivity (Wildman–Crippen MR) is 90.6 cm³/mol. The molecule has 1 aromatic carbocycles. The molecule has 3 heterocycles. The maximum Gasteiger partial charge on any atom is 0.416 e. The van der Waals surface area contributed by atoms with E-state index in [4.69, 9.17) is 14.3 Å². The minimum absolute atomic E-state index is 0.0568. The molecule has 4 fully saturated rings. The zero-order chi connectivity index (χ0) is 18.7. The highest BCUT2D eigenvalue weighted by Gasteiger charge is 2.59. The van der Waals surface area contributed by atoms with Crippen LogP contribution in [0.5, 0.6) is 0 Å². The van der Waals surface area contributed by atoms with Gasteiger partial charge in [-0.05, 0) is 37.0 Å². The number of fused-ring (bicyclic) bond motifs is 3. The molecule has 0 N–H and O–H groups in total. The lowest BCUT2D eigenvalue weighted by atomic mass is 9.83. The number of rotatable bonds is 1. The fourth-order valence-electron chi connectivity index (χ4n) is 5.10. The van der Waals surface area contributed by atoms with Crippen LogP contribution in [-0.4, -0.2) is 35.7 Å². The molecule has 2 bridgehead atoms. The molecule has 3 aliphatic heterocycles. The maximum atomic E-state index is 12.8. The molecule has 1 aromatic rings. The van der Waals surface area contributed by atoms with Crippen LogP contribution < -0.4 is 0 Å². The quantitative estimate of drug-likeness (QED) is 0.709. The minimum Gasteiger partial charge on any atom is -0.348 e. The molecule has 5 rings (SSSR count). The van der Waals surface area contributed by atoms with Gasteiger partial charge in [0, 0.05) is 19.3 Å². The highest BCUT2D eigenvalue weighted by Crippen LogP contribution is 2.52. The van der Waals surface area contributed by atoms with Crippen LogP contribution >= 0.6 is 0 Å². The van der Waals surface area contributed by atoms with Gasteiger partial charge in [0.2, 0.25) is 0 Å². The van der Waals surface area contributed by atoms with Crippen molar-refractivity contribution in [3.05, 3.63) is 35.4 Å². The van der Waals surface area contributed by atoms with Gasteiger partial charge in [0.25, 0.3) is 0 Å². The summed E-state index contributed by atoms with van der Waals surface area (Å²) in [4.78, 5) is 6.06. The Bertz CT molecular complexity index is 689. The number of benzene rings is 1. The molecule has 1 unspecified atom stereocenters. The first-order valence-electron chi connectivity index (χ1n) is 9.81. The zero-order valence-electron chi connectivity index (χ0n) is 15.1. The van der Waals surface area contributed by atoms with E-state index < -0.39 is 17.5 Å². The first-order valence-corrected chi connectivity index (χ1v) is 9.81. The van der Waals surface area contributed by atoms with Gasteiger partial charge in [-0.1, -0.05) is 18.6 Å². The Balaban J connectivity index is 1.33. The third-order valence-electron chi connectivity index (χ3n) is 6.55. The summed E-state index contributed by atoms with van der Waals surface area (Å²) in [6.45, 7) is 1.11. The first kappa shape index (κ1) is 17.9. The lowest BCUT2D eigenvalue weighted by molar-refractivity contribution is -0.334. The zero-order valence-corrected chi connectivity index (χ0v) is 15.1. The van der Waals surface area contributed by atoms with Gasteiger partial charge in [0.05, 0.1) is 36.5 Å². The molecule has 1 saturated carbocycles. The number of hydrogen-bond donors (Lipinski definition) is 0. The number of hydrogen-bond acceptors (Lipinski definition) is 4. The standard InChI is InChI=1S/C20H24F3NO3/c21-20(22,23)15-6-4-14(5-7-15)17-10-16-11-18(24(17)27-16)12-25-19(26-13-18)8-2-1-3-9-19/h4-7,16-17H,1-3,8-13H2/t16-,17-/m0/s1. The molecular formula is C20H24F3NO3.